The second kappa shape index (κ2) is 13.0. The molecule has 254 valence electrons. The number of hydrogen-bond donors (Lipinski definition) is 1. The van der Waals surface area contributed by atoms with E-state index < -0.39 is 76.3 Å². The van der Waals surface area contributed by atoms with Crippen molar-refractivity contribution in [1.29, 1.82) is 0 Å². The Morgan fingerprint density at radius 3 is 2.02 bits per heavy atom. The minimum atomic E-state index is -4.07. The van der Waals surface area contributed by atoms with Crippen molar-refractivity contribution in [2.45, 2.75) is 65.6 Å². The lowest BCUT2D eigenvalue weighted by molar-refractivity contribution is 0.0111. The van der Waals surface area contributed by atoms with Gasteiger partial charge < -0.3 is 14.8 Å². The monoisotopic (exact) mass is 671 g/mol. The lowest BCUT2D eigenvalue weighted by atomic mass is 9.98. The summed E-state index contributed by atoms with van der Waals surface area (Å²) in [6.07, 6.45) is -0.833. The van der Waals surface area contributed by atoms with Crippen molar-refractivity contribution in [3.8, 4) is 11.1 Å². The summed E-state index contributed by atoms with van der Waals surface area (Å²) in [6, 6.07) is 9.03. The first-order chi connectivity index (χ1) is 22.2. The number of imide groups is 1. The Bertz CT molecular complexity index is 1870. The van der Waals surface area contributed by atoms with E-state index in [0.29, 0.717) is 4.90 Å². The number of aryl methyl sites for hydroxylation is 1. The van der Waals surface area contributed by atoms with E-state index in [-0.39, 0.29) is 22.3 Å². The molecule has 2 aromatic carbocycles. The molecule has 0 unspecified atom stereocenters. The largest absolute Gasteiger partial charge is 0.443 e. The van der Waals surface area contributed by atoms with E-state index in [4.69, 9.17) is 9.47 Å². The standard InChI is InChI=1S/C33H33F4N5O6/c1-18-8-13-22(25(35)24(18)27(44)38-17-33(36,37)26(43)19-9-11-21(34)12-10-19)20-14-15-41-23(16-20)39-28(40-41)42(29(45)47-31(2,3)4)30(46)48-32(5,6)7/h8-16H,17H2,1-7H3,(H,38,44). The molecule has 2 heterocycles. The van der Waals surface area contributed by atoms with Crippen molar-refractivity contribution in [2.24, 2.45) is 0 Å². The third-order valence-corrected chi connectivity index (χ3v) is 6.48. The van der Waals surface area contributed by atoms with Gasteiger partial charge in [-0.05, 0) is 96.0 Å². The number of alkyl halides is 2. The van der Waals surface area contributed by atoms with Gasteiger partial charge in [-0.1, -0.05) is 12.1 Å². The van der Waals surface area contributed by atoms with E-state index in [1.54, 1.807) is 41.5 Å². The molecule has 0 atom stereocenters. The number of fused-ring (bicyclic) bond motifs is 1. The Morgan fingerprint density at radius 2 is 1.46 bits per heavy atom. The number of nitrogens with one attached hydrogen (secondary N) is 1. The average molecular weight is 672 g/mol. The summed E-state index contributed by atoms with van der Waals surface area (Å²) in [5, 5.41) is 6.09. The van der Waals surface area contributed by atoms with Crippen LogP contribution < -0.4 is 10.2 Å². The highest BCUT2D eigenvalue weighted by Gasteiger charge is 2.40. The fourth-order valence-corrected chi connectivity index (χ4v) is 4.33. The Morgan fingerprint density at radius 1 is 0.875 bits per heavy atom. The molecule has 0 radical (unpaired) electrons. The summed E-state index contributed by atoms with van der Waals surface area (Å²) in [5.41, 5.74) is -2.71. The van der Waals surface area contributed by atoms with Gasteiger partial charge >= 0.3 is 18.1 Å². The van der Waals surface area contributed by atoms with E-state index in [1.807, 2.05) is 5.32 Å². The minimum absolute atomic E-state index is 0.0598. The first-order valence-electron chi connectivity index (χ1n) is 14.6. The number of hydrogen-bond acceptors (Lipinski definition) is 8. The highest BCUT2D eigenvalue weighted by Crippen LogP contribution is 2.29. The number of ketones is 1. The Hall–Kier alpha value is -5.34. The Kier molecular flexibility index (Phi) is 9.65. The first-order valence-corrected chi connectivity index (χ1v) is 14.6. The molecule has 0 aliphatic rings. The molecule has 2 aromatic heterocycles. The molecule has 0 saturated heterocycles. The maximum atomic E-state index is 15.9. The molecule has 0 aliphatic heterocycles. The summed E-state index contributed by atoms with van der Waals surface area (Å²) < 4.78 is 70.3. The molecule has 11 nitrogen and oxygen atoms in total. The summed E-state index contributed by atoms with van der Waals surface area (Å²) in [5.74, 6) is -9.08. The molecule has 4 aromatic rings. The van der Waals surface area contributed by atoms with Crippen LogP contribution >= 0.6 is 0 Å². The number of halogens is 4. The van der Waals surface area contributed by atoms with Crippen LogP contribution in [0.1, 0.15) is 67.8 Å². The molecule has 3 amide bonds. The van der Waals surface area contributed by atoms with E-state index in [2.05, 4.69) is 10.1 Å². The number of anilines is 1. The predicted octanol–water partition coefficient (Wildman–Crippen LogP) is 6.91. The van der Waals surface area contributed by atoms with Gasteiger partial charge in [-0.25, -0.2) is 22.9 Å². The normalized spacial score (nSPS) is 12.1. The van der Waals surface area contributed by atoms with Gasteiger partial charge in [0.1, 0.15) is 22.8 Å². The number of aromatic nitrogens is 3. The topological polar surface area (TPSA) is 132 Å². The molecule has 0 spiro atoms. The number of benzene rings is 2. The number of pyridine rings is 1. The Labute approximate surface area is 272 Å². The third-order valence-electron chi connectivity index (χ3n) is 6.48. The van der Waals surface area contributed by atoms with E-state index in [1.165, 1.54) is 41.9 Å². The number of nitrogens with zero attached hydrogens (tertiary/aromatic N) is 4. The van der Waals surface area contributed by atoms with Crippen LogP contribution in [0.2, 0.25) is 0 Å². The molecule has 4 rings (SSSR count). The molecule has 0 bridgehead atoms. The highest BCUT2D eigenvalue weighted by molar-refractivity contribution is 6.08. The van der Waals surface area contributed by atoms with Crippen molar-refractivity contribution in [1.82, 2.24) is 19.9 Å². The van der Waals surface area contributed by atoms with Gasteiger partial charge in [0.2, 0.25) is 5.78 Å². The fourth-order valence-electron chi connectivity index (χ4n) is 4.33. The van der Waals surface area contributed by atoms with E-state index in [9.17, 15) is 32.3 Å². The molecule has 1 N–H and O–H groups in total. The van der Waals surface area contributed by atoms with Crippen LogP contribution in [-0.2, 0) is 9.47 Å². The zero-order chi connectivity index (χ0) is 35.8. The van der Waals surface area contributed by atoms with Crippen LogP contribution in [0, 0.1) is 18.6 Å². The zero-order valence-corrected chi connectivity index (χ0v) is 27.2. The van der Waals surface area contributed by atoms with Crippen molar-refractivity contribution < 1.29 is 46.2 Å². The summed E-state index contributed by atoms with van der Waals surface area (Å²) in [7, 11) is 0. The van der Waals surface area contributed by atoms with Gasteiger partial charge in [-0.15, -0.1) is 10.00 Å². The lowest BCUT2D eigenvalue weighted by Gasteiger charge is -2.26. The number of carbonyl (C=O) groups is 4. The SMILES string of the molecule is Cc1ccc(-c2ccn3nc(N(C(=O)OC(C)(C)C)C(=O)OC(C)(C)C)nc3c2)c(F)c1C(=O)NCC(F)(F)C(=O)c1ccc(F)cc1. The maximum Gasteiger partial charge on any atom is 0.427 e. The van der Waals surface area contributed by atoms with Crippen molar-refractivity contribution in [2.75, 3.05) is 11.4 Å². The molecule has 0 fully saturated rings. The second-order valence-corrected chi connectivity index (χ2v) is 12.8. The third kappa shape index (κ3) is 8.14. The van der Waals surface area contributed by atoms with Crippen LogP contribution in [0.25, 0.3) is 16.8 Å². The average Bonchev–Trinajstić information content (AvgIpc) is 3.37. The summed E-state index contributed by atoms with van der Waals surface area (Å²) in [4.78, 5) is 56.1. The van der Waals surface area contributed by atoms with Gasteiger partial charge in [0.15, 0.2) is 5.65 Å². The van der Waals surface area contributed by atoms with Gasteiger partial charge in [0.25, 0.3) is 11.9 Å². The minimum Gasteiger partial charge on any atom is -0.443 e. The van der Waals surface area contributed by atoms with Crippen LogP contribution in [0.5, 0.6) is 0 Å². The maximum absolute atomic E-state index is 15.9. The number of ether oxygens (including phenoxy) is 2. The molecular weight excluding hydrogens is 638 g/mol. The number of carbonyl (C=O) groups excluding carboxylic acids is 4. The highest BCUT2D eigenvalue weighted by atomic mass is 19.3. The second-order valence-electron chi connectivity index (χ2n) is 12.8. The quantitative estimate of drug-likeness (QED) is 0.166. The van der Waals surface area contributed by atoms with Gasteiger partial charge in [0.05, 0.1) is 12.1 Å². The van der Waals surface area contributed by atoms with E-state index in [0.717, 1.165) is 24.3 Å². The van der Waals surface area contributed by atoms with Crippen molar-refractivity contribution in [3.05, 3.63) is 83.1 Å². The van der Waals surface area contributed by atoms with Gasteiger partial charge in [-0.3, -0.25) is 9.59 Å². The smallest absolute Gasteiger partial charge is 0.427 e. The van der Waals surface area contributed by atoms with E-state index >= 15 is 4.39 Å². The van der Waals surface area contributed by atoms with Crippen molar-refractivity contribution in [3.63, 3.8) is 0 Å². The van der Waals surface area contributed by atoms with Crippen LogP contribution in [0.15, 0.2) is 54.7 Å². The lowest BCUT2D eigenvalue weighted by Crippen LogP contribution is -2.44. The molecule has 15 heteroatoms. The molecular formula is C33H33F4N5O6. The first kappa shape index (κ1) is 35.5. The fraction of sp³-hybridized carbons (Fsp3) is 0.333. The molecule has 48 heavy (non-hydrogen) atoms. The van der Waals surface area contributed by atoms with Crippen LogP contribution in [-0.4, -0.2) is 62.1 Å². The molecule has 0 saturated carbocycles. The van der Waals surface area contributed by atoms with Crippen LogP contribution in [0.3, 0.4) is 0 Å². The summed E-state index contributed by atoms with van der Waals surface area (Å²) >= 11 is 0. The molecule has 0 aliphatic carbocycles. The van der Waals surface area contributed by atoms with Crippen LogP contribution in [0.4, 0.5) is 33.1 Å². The van der Waals surface area contributed by atoms with Crippen molar-refractivity contribution >= 4 is 35.5 Å². The predicted molar refractivity (Wildman–Crippen MR) is 166 cm³/mol. The zero-order valence-electron chi connectivity index (χ0n) is 27.2. The van der Waals surface area contributed by atoms with Gasteiger partial charge in [0, 0.05) is 17.3 Å². The number of Topliss-reactive ketones (excluding diaryl/α,β-unsaturated/α-hetero) is 1. The number of amides is 3. The van der Waals surface area contributed by atoms with Gasteiger partial charge in [-0.2, -0.15) is 13.8 Å². The summed E-state index contributed by atoms with van der Waals surface area (Å²) in [6.45, 7) is 9.58. The Balaban J connectivity index is 1.63. The number of rotatable bonds is 7.